The summed E-state index contributed by atoms with van der Waals surface area (Å²) in [6, 6.07) is 0.851. The van der Waals surface area contributed by atoms with Crippen molar-refractivity contribution in [1.29, 1.82) is 0 Å². The Hall–Kier alpha value is -0.0800. The van der Waals surface area contributed by atoms with E-state index >= 15 is 0 Å². The molecule has 0 radical (unpaired) electrons. The second-order valence-corrected chi connectivity index (χ2v) is 4.96. The summed E-state index contributed by atoms with van der Waals surface area (Å²) in [5.41, 5.74) is 5.63. The molecule has 0 bridgehead atoms. The Morgan fingerprint density at radius 2 is 2.07 bits per heavy atom. The molecule has 0 saturated heterocycles. The number of hydrogen-bond donors (Lipinski definition) is 2. The van der Waals surface area contributed by atoms with Gasteiger partial charge in [0.15, 0.2) is 0 Å². The van der Waals surface area contributed by atoms with Gasteiger partial charge in [0.05, 0.1) is 0 Å². The van der Waals surface area contributed by atoms with Gasteiger partial charge in [0.2, 0.25) is 0 Å². The highest BCUT2D eigenvalue weighted by atomic mass is 14.9. The van der Waals surface area contributed by atoms with Crippen LogP contribution in [0.4, 0.5) is 0 Å². The van der Waals surface area contributed by atoms with Gasteiger partial charge in [-0.05, 0) is 51.1 Å². The number of nitrogens with two attached hydrogens (primary N) is 1. The molecule has 90 valence electrons. The molecule has 3 N–H and O–H groups in total. The third-order valence-electron chi connectivity index (χ3n) is 3.60. The van der Waals surface area contributed by atoms with E-state index in [1.165, 1.54) is 57.9 Å². The van der Waals surface area contributed by atoms with Gasteiger partial charge in [-0.15, -0.1) is 0 Å². The maximum atomic E-state index is 5.63. The van der Waals surface area contributed by atoms with Crippen molar-refractivity contribution in [1.82, 2.24) is 5.32 Å². The summed E-state index contributed by atoms with van der Waals surface area (Å²) < 4.78 is 0. The number of rotatable bonds is 9. The minimum absolute atomic E-state index is 0.851. The summed E-state index contributed by atoms with van der Waals surface area (Å²) in [5.74, 6) is 0.878. The van der Waals surface area contributed by atoms with Crippen LogP contribution in [0.15, 0.2) is 0 Å². The summed E-state index contributed by atoms with van der Waals surface area (Å²) in [5, 5.41) is 3.63. The van der Waals surface area contributed by atoms with E-state index in [0.717, 1.165) is 18.5 Å². The fraction of sp³-hybridized carbons (Fsp3) is 1.00. The molecular formula is C13H28N2. The van der Waals surface area contributed by atoms with Gasteiger partial charge in [0.1, 0.15) is 0 Å². The van der Waals surface area contributed by atoms with Crippen molar-refractivity contribution in [3.05, 3.63) is 0 Å². The zero-order valence-corrected chi connectivity index (χ0v) is 10.3. The van der Waals surface area contributed by atoms with Crippen molar-refractivity contribution in [3.63, 3.8) is 0 Å². The fourth-order valence-corrected chi connectivity index (χ4v) is 2.39. The molecule has 2 heteroatoms. The lowest BCUT2D eigenvalue weighted by Crippen LogP contribution is -2.35. The second-order valence-electron chi connectivity index (χ2n) is 4.96. The van der Waals surface area contributed by atoms with Crippen LogP contribution in [0, 0.1) is 5.92 Å². The highest BCUT2D eigenvalue weighted by molar-refractivity contribution is 4.76. The van der Waals surface area contributed by atoms with Crippen LogP contribution in [-0.2, 0) is 0 Å². The van der Waals surface area contributed by atoms with E-state index in [2.05, 4.69) is 12.2 Å². The average Bonchev–Trinajstić information content (AvgIpc) is 2.15. The molecule has 0 aromatic carbocycles. The average molecular weight is 212 g/mol. The molecular weight excluding hydrogens is 184 g/mol. The van der Waals surface area contributed by atoms with Gasteiger partial charge in [0, 0.05) is 6.04 Å². The Morgan fingerprint density at radius 1 is 1.27 bits per heavy atom. The van der Waals surface area contributed by atoms with Gasteiger partial charge in [-0.3, -0.25) is 0 Å². The maximum Gasteiger partial charge on any atom is 0.00670 e. The van der Waals surface area contributed by atoms with E-state index in [-0.39, 0.29) is 0 Å². The topological polar surface area (TPSA) is 38.0 Å². The maximum absolute atomic E-state index is 5.63. The van der Waals surface area contributed by atoms with Crippen LogP contribution < -0.4 is 11.1 Å². The van der Waals surface area contributed by atoms with Crippen LogP contribution in [0.3, 0.4) is 0 Å². The first-order valence-corrected chi connectivity index (χ1v) is 6.80. The number of hydrogen-bond acceptors (Lipinski definition) is 2. The van der Waals surface area contributed by atoms with Crippen molar-refractivity contribution < 1.29 is 0 Å². The van der Waals surface area contributed by atoms with Gasteiger partial charge in [-0.25, -0.2) is 0 Å². The molecule has 1 unspecified atom stereocenters. The summed E-state index contributed by atoms with van der Waals surface area (Å²) in [6.45, 7) is 4.35. The molecule has 0 aromatic rings. The first kappa shape index (κ1) is 13.0. The molecule has 0 spiro atoms. The molecule has 2 nitrogen and oxygen atoms in total. The molecule has 0 aromatic heterocycles. The Balaban J connectivity index is 1.94. The van der Waals surface area contributed by atoms with Crippen molar-refractivity contribution in [2.24, 2.45) is 11.7 Å². The van der Waals surface area contributed by atoms with Gasteiger partial charge in [-0.2, -0.15) is 0 Å². The summed E-state index contributed by atoms with van der Waals surface area (Å²) in [6.07, 6.45) is 10.8. The standard InChI is InChI=1S/C13H28N2/c1-2-5-12(9-10-14)6-4-11-15-13-7-3-8-13/h12-13,15H,2-11,14H2,1H3. The van der Waals surface area contributed by atoms with Crippen LogP contribution in [-0.4, -0.2) is 19.1 Å². The minimum Gasteiger partial charge on any atom is -0.330 e. The molecule has 1 saturated carbocycles. The van der Waals surface area contributed by atoms with Crippen LogP contribution in [0.25, 0.3) is 0 Å². The molecule has 15 heavy (non-hydrogen) atoms. The lowest BCUT2D eigenvalue weighted by molar-refractivity contribution is 0.327. The Labute approximate surface area is 95.0 Å². The van der Waals surface area contributed by atoms with E-state index in [9.17, 15) is 0 Å². The minimum atomic E-state index is 0.851. The second kappa shape index (κ2) is 8.12. The largest absolute Gasteiger partial charge is 0.330 e. The molecule has 1 aliphatic rings. The van der Waals surface area contributed by atoms with Gasteiger partial charge < -0.3 is 11.1 Å². The Kier molecular flexibility index (Phi) is 7.03. The van der Waals surface area contributed by atoms with Gasteiger partial charge >= 0.3 is 0 Å². The Bertz CT molecular complexity index is 137. The van der Waals surface area contributed by atoms with Crippen LogP contribution in [0.5, 0.6) is 0 Å². The van der Waals surface area contributed by atoms with Crippen molar-refractivity contribution in [2.75, 3.05) is 13.1 Å². The van der Waals surface area contributed by atoms with Gasteiger partial charge in [0.25, 0.3) is 0 Å². The monoisotopic (exact) mass is 212 g/mol. The fourth-order valence-electron chi connectivity index (χ4n) is 2.39. The molecule has 1 fully saturated rings. The first-order chi connectivity index (χ1) is 7.36. The van der Waals surface area contributed by atoms with Crippen molar-refractivity contribution in [2.45, 2.75) is 64.3 Å². The third kappa shape index (κ3) is 5.53. The van der Waals surface area contributed by atoms with E-state index in [1.54, 1.807) is 0 Å². The molecule has 0 amide bonds. The van der Waals surface area contributed by atoms with E-state index in [4.69, 9.17) is 5.73 Å². The third-order valence-corrected chi connectivity index (χ3v) is 3.60. The summed E-state index contributed by atoms with van der Waals surface area (Å²) >= 11 is 0. The smallest absolute Gasteiger partial charge is 0.00670 e. The zero-order valence-electron chi connectivity index (χ0n) is 10.3. The molecule has 0 heterocycles. The lowest BCUT2D eigenvalue weighted by atomic mass is 9.92. The van der Waals surface area contributed by atoms with E-state index < -0.39 is 0 Å². The zero-order chi connectivity index (χ0) is 10.9. The first-order valence-electron chi connectivity index (χ1n) is 6.80. The normalized spacial score (nSPS) is 18.8. The lowest BCUT2D eigenvalue weighted by Gasteiger charge is -2.26. The van der Waals surface area contributed by atoms with Crippen molar-refractivity contribution >= 4 is 0 Å². The predicted octanol–water partition coefficient (Wildman–Crippen LogP) is 2.67. The SMILES string of the molecule is CCCC(CCN)CCCNC1CCC1. The quantitative estimate of drug-likeness (QED) is 0.577. The summed E-state index contributed by atoms with van der Waals surface area (Å²) in [7, 11) is 0. The van der Waals surface area contributed by atoms with Crippen LogP contribution in [0.1, 0.15) is 58.3 Å². The predicted molar refractivity (Wildman–Crippen MR) is 66.9 cm³/mol. The van der Waals surface area contributed by atoms with Gasteiger partial charge in [-0.1, -0.05) is 26.2 Å². The number of nitrogens with one attached hydrogen (secondary N) is 1. The molecule has 1 aliphatic carbocycles. The van der Waals surface area contributed by atoms with Crippen LogP contribution >= 0.6 is 0 Å². The highest BCUT2D eigenvalue weighted by Crippen LogP contribution is 2.19. The molecule has 0 aliphatic heterocycles. The van der Waals surface area contributed by atoms with Crippen LogP contribution in [0.2, 0.25) is 0 Å². The highest BCUT2D eigenvalue weighted by Gasteiger charge is 2.15. The summed E-state index contributed by atoms with van der Waals surface area (Å²) in [4.78, 5) is 0. The molecule has 1 atom stereocenters. The van der Waals surface area contributed by atoms with E-state index in [1.807, 2.05) is 0 Å². The molecule has 1 rings (SSSR count). The van der Waals surface area contributed by atoms with Crippen molar-refractivity contribution in [3.8, 4) is 0 Å². The Morgan fingerprint density at radius 3 is 2.60 bits per heavy atom. The van der Waals surface area contributed by atoms with E-state index in [0.29, 0.717) is 0 Å².